The molecular weight excluding hydrogens is 262 g/mol. The summed E-state index contributed by atoms with van der Waals surface area (Å²) in [5, 5.41) is 3.59. The molecule has 1 aromatic rings. The minimum Gasteiger partial charge on any atom is -0.375 e. The van der Waals surface area contributed by atoms with E-state index in [9.17, 15) is 0 Å². The Hall–Kier alpha value is -1.13. The van der Waals surface area contributed by atoms with E-state index >= 15 is 0 Å². The first kappa shape index (κ1) is 16.2. The zero-order chi connectivity index (χ0) is 15.6. The number of ether oxygens (including phenoxy) is 1. The van der Waals surface area contributed by atoms with Crippen LogP contribution < -0.4 is 10.2 Å². The van der Waals surface area contributed by atoms with Crippen molar-refractivity contribution in [2.75, 3.05) is 24.6 Å². The van der Waals surface area contributed by atoms with Crippen LogP contribution >= 0.6 is 0 Å². The molecule has 0 aromatic carbocycles. The molecule has 2 heterocycles. The van der Waals surface area contributed by atoms with Crippen LogP contribution in [0.4, 0.5) is 5.82 Å². The fraction of sp³-hybridized carbons (Fsp3) is 0.706. The fourth-order valence-corrected chi connectivity index (χ4v) is 2.69. The van der Waals surface area contributed by atoms with Crippen LogP contribution in [0.3, 0.4) is 0 Å². The molecule has 1 aliphatic rings. The Morgan fingerprint density at radius 2 is 2.10 bits per heavy atom. The third-order valence-corrected chi connectivity index (χ3v) is 3.79. The van der Waals surface area contributed by atoms with Crippen molar-refractivity contribution in [1.82, 2.24) is 10.3 Å². The van der Waals surface area contributed by atoms with Crippen LogP contribution in [-0.4, -0.2) is 36.3 Å². The third-order valence-electron chi connectivity index (χ3n) is 3.79. The Morgan fingerprint density at radius 1 is 1.38 bits per heavy atom. The van der Waals surface area contributed by atoms with E-state index in [4.69, 9.17) is 9.72 Å². The van der Waals surface area contributed by atoms with E-state index in [1.807, 2.05) is 0 Å². The number of hydrogen-bond donors (Lipinski definition) is 1. The van der Waals surface area contributed by atoms with Gasteiger partial charge in [-0.1, -0.05) is 0 Å². The van der Waals surface area contributed by atoms with Gasteiger partial charge >= 0.3 is 0 Å². The molecule has 118 valence electrons. The average Bonchev–Trinajstić information content (AvgIpc) is 2.35. The summed E-state index contributed by atoms with van der Waals surface area (Å²) >= 11 is 0. The molecule has 0 bridgehead atoms. The number of morpholine rings is 1. The van der Waals surface area contributed by atoms with Gasteiger partial charge in [-0.3, -0.25) is 0 Å². The third kappa shape index (κ3) is 4.42. The Morgan fingerprint density at radius 3 is 2.71 bits per heavy atom. The van der Waals surface area contributed by atoms with Gasteiger partial charge in [-0.15, -0.1) is 0 Å². The van der Waals surface area contributed by atoms with Gasteiger partial charge < -0.3 is 15.0 Å². The second kappa shape index (κ2) is 6.32. The van der Waals surface area contributed by atoms with E-state index < -0.39 is 0 Å². The molecule has 1 unspecified atom stereocenters. The zero-order valence-corrected chi connectivity index (χ0v) is 14.3. The van der Waals surface area contributed by atoms with Gasteiger partial charge in [0.05, 0.1) is 12.7 Å². The highest BCUT2D eigenvalue weighted by Gasteiger charge is 2.22. The van der Waals surface area contributed by atoms with Crippen LogP contribution in [0, 0.1) is 13.8 Å². The summed E-state index contributed by atoms with van der Waals surface area (Å²) in [4.78, 5) is 7.19. The molecule has 1 aliphatic heterocycles. The monoisotopic (exact) mass is 291 g/mol. The Balaban J connectivity index is 2.29. The summed E-state index contributed by atoms with van der Waals surface area (Å²) in [5.74, 6) is 1.12. The standard InChI is InChI=1S/C17H29N3O/c1-12-9-13(2)19-16(15(12)10-18-17(4,5)6)20-7-8-21-14(3)11-20/h9,14,18H,7-8,10-11H2,1-6H3. The largest absolute Gasteiger partial charge is 0.375 e. The summed E-state index contributed by atoms with van der Waals surface area (Å²) in [5.41, 5.74) is 3.81. The molecule has 4 heteroatoms. The van der Waals surface area contributed by atoms with Crippen molar-refractivity contribution in [3.63, 3.8) is 0 Å². The molecule has 2 rings (SSSR count). The van der Waals surface area contributed by atoms with Crippen LogP contribution in [0.25, 0.3) is 0 Å². The number of aryl methyl sites for hydroxylation is 2. The second-order valence-electron chi connectivity index (χ2n) is 7.11. The predicted octanol–water partition coefficient (Wildman–Crippen LogP) is 2.81. The van der Waals surface area contributed by atoms with Gasteiger partial charge in [0.25, 0.3) is 0 Å². The summed E-state index contributed by atoms with van der Waals surface area (Å²) in [6.45, 7) is 16.4. The smallest absolute Gasteiger partial charge is 0.133 e. The SMILES string of the molecule is Cc1cc(C)c(CNC(C)(C)C)c(N2CCOC(C)C2)n1. The Labute approximate surface area is 128 Å². The highest BCUT2D eigenvalue weighted by molar-refractivity contribution is 5.52. The average molecular weight is 291 g/mol. The Bertz CT molecular complexity index is 494. The number of pyridine rings is 1. The molecular formula is C17H29N3O. The highest BCUT2D eigenvalue weighted by Crippen LogP contribution is 2.25. The van der Waals surface area contributed by atoms with Gasteiger partial charge in [-0.2, -0.15) is 0 Å². The van der Waals surface area contributed by atoms with Crippen LogP contribution in [0.2, 0.25) is 0 Å². The maximum Gasteiger partial charge on any atom is 0.133 e. The van der Waals surface area contributed by atoms with E-state index in [0.29, 0.717) is 0 Å². The normalized spacial score (nSPS) is 19.9. The van der Waals surface area contributed by atoms with Crippen LogP contribution in [0.5, 0.6) is 0 Å². The van der Waals surface area contributed by atoms with E-state index in [1.165, 1.54) is 11.1 Å². The lowest BCUT2D eigenvalue weighted by Crippen LogP contribution is -2.43. The summed E-state index contributed by atoms with van der Waals surface area (Å²) < 4.78 is 5.66. The number of rotatable bonds is 3. The van der Waals surface area contributed by atoms with Crippen LogP contribution in [0.1, 0.15) is 44.5 Å². The van der Waals surface area contributed by atoms with E-state index in [0.717, 1.165) is 37.8 Å². The lowest BCUT2D eigenvalue weighted by atomic mass is 10.0. The molecule has 1 aromatic heterocycles. The van der Waals surface area contributed by atoms with E-state index in [2.05, 4.69) is 57.8 Å². The molecule has 1 N–H and O–H groups in total. The van der Waals surface area contributed by atoms with Gasteiger partial charge in [0, 0.05) is 36.4 Å². The Kier molecular flexibility index (Phi) is 4.89. The van der Waals surface area contributed by atoms with Crippen molar-refractivity contribution in [2.24, 2.45) is 0 Å². The fourth-order valence-electron chi connectivity index (χ4n) is 2.69. The molecule has 0 saturated carbocycles. The van der Waals surface area contributed by atoms with E-state index in [-0.39, 0.29) is 11.6 Å². The number of aromatic nitrogens is 1. The van der Waals surface area contributed by atoms with Gasteiger partial charge in [0.2, 0.25) is 0 Å². The molecule has 1 fully saturated rings. The van der Waals surface area contributed by atoms with Gasteiger partial charge in [-0.05, 0) is 53.2 Å². The molecule has 1 atom stereocenters. The summed E-state index contributed by atoms with van der Waals surface area (Å²) in [6.07, 6.45) is 0.268. The highest BCUT2D eigenvalue weighted by atomic mass is 16.5. The zero-order valence-electron chi connectivity index (χ0n) is 14.3. The molecule has 0 aliphatic carbocycles. The maximum absolute atomic E-state index is 5.66. The molecule has 0 amide bonds. The van der Waals surface area contributed by atoms with Crippen molar-refractivity contribution in [1.29, 1.82) is 0 Å². The first-order chi connectivity index (χ1) is 9.76. The molecule has 0 spiro atoms. The van der Waals surface area contributed by atoms with Crippen molar-refractivity contribution in [2.45, 2.75) is 59.7 Å². The second-order valence-corrected chi connectivity index (χ2v) is 7.11. The minimum atomic E-state index is 0.104. The van der Waals surface area contributed by atoms with Gasteiger partial charge in [-0.25, -0.2) is 4.98 Å². The predicted molar refractivity (Wildman–Crippen MR) is 87.9 cm³/mol. The van der Waals surface area contributed by atoms with Crippen molar-refractivity contribution < 1.29 is 4.74 Å². The van der Waals surface area contributed by atoms with Gasteiger partial charge in [0.1, 0.15) is 5.82 Å². The summed E-state index contributed by atoms with van der Waals surface area (Å²) in [7, 11) is 0. The number of hydrogen-bond acceptors (Lipinski definition) is 4. The quantitative estimate of drug-likeness (QED) is 0.929. The van der Waals surface area contributed by atoms with Crippen LogP contribution in [-0.2, 0) is 11.3 Å². The van der Waals surface area contributed by atoms with Crippen molar-refractivity contribution in [3.05, 3.63) is 22.9 Å². The molecule has 21 heavy (non-hydrogen) atoms. The number of nitrogens with one attached hydrogen (secondary N) is 1. The lowest BCUT2D eigenvalue weighted by molar-refractivity contribution is 0.0528. The molecule has 1 saturated heterocycles. The van der Waals surface area contributed by atoms with Crippen LogP contribution in [0.15, 0.2) is 6.07 Å². The van der Waals surface area contributed by atoms with E-state index in [1.54, 1.807) is 0 Å². The molecule has 0 radical (unpaired) electrons. The minimum absolute atomic E-state index is 0.104. The molecule has 4 nitrogen and oxygen atoms in total. The topological polar surface area (TPSA) is 37.4 Å². The first-order valence-corrected chi connectivity index (χ1v) is 7.85. The summed E-state index contributed by atoms with van der Waals surface area (Å²) in [6, 6.07) is 2.17. The maximum atomic E-state index is 5.66. The van der Waals surface area contributed by atoms with Crippen molar-refractivity contribution >= 4 is 5.82 Å². The van der Waals surface area contributed by atoms with Crippen molar-refractivity contribution in [3.8, 4) is 0 Å². The first-order valence-electron chi connectivity index (χ1n) is 7.85. The number of nitrogens with zero attached hydrogens (tertiary/aromatic N) is 2. The number of anilines is 1. The lowest BCUT2D eigenvalue weighted by Gasteiger charge is -2.34. The van der Waals surface area contributed by atoms with Gasteiger partial charge in [0.15, 0.2) is 0 Å².